The third-order valence-electron chi connectivity index (χ3n) is 4.82. The first kappa shape index (κ1) is 19.7. The highest BCUT2D eigenvalue weighted by molar-refractivity contribution is 6.30. The van der Waals surface area contributed by atoms with Gasteiger partial charge in [0.25, 0.3) is 0 Å². The normalized spacial score (nSPS) is 31.0. The second-order valence-corrected chi connectivity index (χ2v) is 7.17. The van der Waals surface area contributed by atoms with Crippen LogP contribution >= 0.6 is 11.6 Å². The Balaban J connectivity index is 1.55. The summed E-state index contributed by atoms with van der Waals surface area (Å²) >= 11 is 5.98. The molecule has 2 aromatic rings. The van der Waals surface area contributed by atoms with Gasteiger partial charge in [0, 0.05) is 21.1 Å². The maximum atomic E-state index is 10.7. The van der Waals surface area contributed by atoms with E-state index in [1.54, 1.807) is 24.3 Å². The van der Waals surface area contributed by atoms with Gasteiger partial charge in [-0.1, -0.05) is 65.0 Å². The Morgan fingerprint density at radius 1 is 1.14 bits per heavy atom. The number of nitrogens with zero attached hydrogens (tertiary/aromatic N) is 3. The highest BCUT2D eigenvalue weighted by Crippen LogP contribution is 2.35. The number of hydrogen-bond donors (Lipinski definition) is 1. The molecule has 0 spiro atoms. The fraction of sp³-hybridized carbons (Fsp3) is 0.333. The molecule has 4 rings (SSSR count). The topological polar surface area (TPSA) is 96.7 Å². The summed E-state index contributed by atoms with van der Waals surface area (Å²) in [5, 5.41) is 15.1. The lowest BCUT2D eigenvalue weighted by atomic mass is 9.92. The molecule has 2 unspecified atom stereocenters. The number of hydrogen-bond acceptors (Lipinski definition) is 5. The molecule has 2 aromatic carbocycles. The van der Waals surface area contributed by atoms with Gasteiger partial charge < -0.3 is 19.3 Å². The highest BCUT2D eigenvalue weighted by atomic mass is 35.5. The van der Waals surface area contributed by atoms with Crippen molar-refractivity contribution in [1.29, 1.82) is 0 Å². The fourth-order valence-corrected chi connectivity index (χ4v) is 3.62. The Hall–Kier alpha value is -2.56. The second kappa shape index (κ2) is 8.85. The molecule has 0 radical (unpaired) electrons. The minimum Gasteiger partial charge on any atom is -0.389 e. The molecule has 2 saturated heterocycles. The first-order valence-corrected chi connectivity index (χ1v) is 9.50. The summed E-state index contributed by atoms with van der Waals surface area (Å²) in [6.45, 7) is 0.226. The summed E-state index contributed by atoms with van der Waals surface area (Å²) in [4.78, 5) is 2.89. The molecule has 0 bridgehead atoms. The van der Waals surface area contributed by atoms with Gasteiger partial charge in [-0.25, -0.2) is 0 Å². The van der Waals surface area contributed by atoms with Crippen LogP contribution in [0.4, 0.5) is 0 Å². The minimum absolute atomic E-state index is 0.226. The molecule has 2 aliphatic heterocycles. The average molecular weight is 412 g/mol. The quantitative estimate of drug-likeness (QED) is 0.353. The van der Waals surface area contributed by atoms with Crippen LogP contribution in [0, 0.1) is 11.8 Å². The van der Waals surface area contributed by atoms with Crippen molar-refractivity contribution in [2.45, 2.75) is 36.7 Å². The maximum absolute atomic E-state index is 10.7. The molecular weight excluding hydrogens is 394 g/mol. The van der Waals surface area contributed by atoms with Crippen molar-refractivity contribution in [2.24, 2.45) is 5.11 Å². The molecule has 2 aliphatic rings. The molecule has 148 valence electrons. The zero-order chi connectivity index (χ0) is 20.2. The second-order valence-electron chi connectivity index (χ2n) is 6.74. The first-order chi connectivity index (χ1) is 14.2. The predicted octanol–water partition coefficient (Wildman–Crippen LogP) is 3.61. The van der Waals surface area contributed by atoms with Gasteiger partial charge in [0.15, 0.2) is 6.29 Å². The summed E-state index contributed by atoms with van der Waals surface area (Å²) < 4.78 is 17.7. The van der Waals surface area contributed by atoms with E-state index in [1.807, 2.05) is 30.3 Å². The van der Waals surface area contributed by atoms with Crippen molar-refractivity contribution in [3.05, 3.63) is 81.2 Å². The average Bonchev–Trinajstić information content (AvgIpc) is 2.75. The van der Waals surface area contributed by atoms with E-state index in [9.17, 15) is 5.11 Å². The van der Waals surface area contributed by atoms with Crippen molar-refractivity contribution in [3.63, 3.8) is 0 Å². The van der Waals surface area contributed by atoms with Crippen LogP contribution in [-0.2, 0) is 14.2 Å². The van der Waals surface area contributed by atoms with E-state index < -0.39 is 36.7 Å². The number of benzene rings is 2. The molecule has 0 aliphatic carbocycles. The zero-order valence-corrected chi connectivity index (χ0v) is 16.0. The van der Waals surface area contributed by atoms with Crippen molar-refractivity contribution in [1.82, 2.24) is 0 Å². The van der Waals surface area contributed by atoms with E-state index in [0.717, 1.165) is 5.56 Å². The fourth-order valence-electron chi connectivity index (χ4n) is 3.42. The Kier molecular flexibility index (Phi) is 6.02. The van der Waals surface area contributed by atoms with Gasteiger partial charge in [0.1, 0.15) is 24.4 Å². The standard InChI is InChI=1S/C21H18ClN3O4/c22-15-8-4-5-13(11-15)9-10-16-19(26)18(24-25-23)20-17(28-16)12-27-21(29-20)14-6-2-1-3-7-14/h1-8,11,16-21,26H,12H2/t16-,17+,18?,19-,20-,21?/m0/s1. The summed E-state index contributed by atoms with van der Waals surface area (Å²) in [5.74, 6) is 5.85. The lowest BCUT2D eigenvalue weighted by molar-refractivity contribution is -0.300. The number of aliphatic hydroxyl groups is 1. The van der Waals surface area contributed by atoms with Crippen LogP contribution in [0.5, 0.6) is 0 Å². The van der Waals surface area contributed by atoms with Gasteiger partial charge >= 0.3 is 0 Å². The van der Waals surface area contributed by atoms with Crippen LogP contribution in [0.25, 0.3) is 10.4 Å². The van der Waals surface area contributed by atoms with Crippen LogP contribution in [0.15, 0.2) is 59.7 Å². The van der Waals surface area contributed by atoms with Crippen molar-refractivity contribution in [2.75, 3.05) is 6.61 Å². The number of azide groups is 1. The van der Waals surface area contributed by atoms with Crippen molar-refractivity contribution in [3.8, 4) is 11.8 Å². The number of halogens is 1. The van der Waals surface area contributed by atoms with E-state index in [4.69, 9.17) is 31.3 Å². The summed E-state index contributed by atoms with van der Waals surface area (Å²) in [5.41, 5.74) is 10.5. The van der Waals surface area contributed by atoms with Gasteiger partial charge in [0.05, 0.1) is 12.6 Å². The molecule has 2 heterocycles. The molecule has 1 N–H and O–H groups in total. The van der Waals surface area contributed by atoms with Crippen LogP contribution in [-0.4, -0.2) is 42.2 Å². The van der Waals surface area contributed by atoms with E-state index in [-0.39, 0.29) is 6.61 Å². The monoisotopic (exact) mass is 411 g/mol. The number of aliphatic hydroxyl groups excluding tert-OH is 1. The van der Waals surface area contributed by atoms with Gasteiger partial charge in [-0.3, -0.25) is 0 Å². The van der Waals surface area contributed by atoms with Crippen LogP contribution in [0.1, 0.15) is 17.4 Å². The number of fused-ring (bicyclic) bond motifs is 1. The molecule has 29 heavy (non-hydrogen) atoms. The van der Waals surface area contributed by atoms with Gasteiger partial charge in [-0.15, -0.1) is 0 Å². The van der Waals surface area contributed by atoms with Gasteiger partial charge in [0.2, 0.25) is 0 Å². The zero-order valence-electron chi connectivity index (χ0n) is 15.3. The largest absolute Gasteiger partial charge is 0.389 e. The Labute approximate surface area is 172 Å². The Bertz CT molecular complexity index is 971. The summed E-state index contributed by atoms with van der Waals surface area (Å²) in [7, 11) is 0. The number of ether oxygens (including phenoxy) is 3. The Morgan fingerprint density at radius 3 is 2.72 bits per heavy atom. The number of rotatable bonds is 2. The third-order valence-corrected chi connectivity index (χ3v) is 5.05. The molecule has 2 fully saturated rings. The molecule has 0 amide bonds. The van der Waals surface area contributed by atoms with Crippen molar-refractivity contribution < 1.29 is 19.3 Å². The lowest BCUT2D eigenvalue weighted by Gasteiger charge is -2.45. The van der Waals surface area contributed by atoms with Crippen LogP contribution < -0.4 is 0 Å². The molecular formula is C21H18ClN3O4. The van der Waals surface area contributed by atoms with Crippen LogP contribution in [0.2, 0.25) is 5.02 Å². The van der Waals surface area contributed by atoms with Crippen LogP contribution in [0.3, 0.4) is 0 Å². The SMILES string of the molecule is [N-]=[N+]=NC1[C@@H](O)[C@H](C#Cc2cccc(Cl)c2)O[C@@H]2COC(c3ccccc3)O[C@H]12. The summed E-state index contributed by atoms with van der Waals surface area (Å²) in [6.07, 6.45) is -3.80. The molecule has 0 saturated carbocycles. The molecule has 7 nitrogen and oxygen atoms in total. The smallest absolute Gasteiger partial charge is 0.184 e. The predicted molar refractivity (Wildman–Crippen MR) is 106 cm³/mol. The van der Waals surface area contributed by atoms with Gasteiger partial charge in [-0.2, -0.15) is 0 Å². The first-order valence-electron chi connectivity index (χ1n) is 9.12. The third kappa shape index (κ3) is 4.39. The maximum Gasteiger partial charge on any atom is 0.184 e. The molecule has 6 atom stereocenters. The van der Waals surface area contributed by atoms with Crippen molar-refractivity contribution >= 4 is 11.6 Å². The van der Waals surface area contributed by atoms with E-state index in [0.29, 0.717) is 10.6 Å². The van der Waals surface area contributed by atoms with Gasteiger partial charge in [-0.05, 0) is 23.7 Å². The lowest BCUT2D eigenvalue weighted by Crippen LogP contribution is -2.60. The summed E-state index contributed by atoms with van der Waals surface area (Å²) in [6, 6.07) is 15.6. The molecule has 8 heteroatoms. The highest BCUT2D eigenvalue weighted by Gasteiger charge is 2.48. The Morgan fingerprint density at radius 2 is 1.97 bits per heavy atom. The van der Waals surface area contributed by atoms with E-state index >= 15 is 0 Å². The molecule has 0 aromatic heterocycles. The minimum atomic E-state index is -1.15. The van der Waals surface area contributed by atoms with E-state index in [2.05, 4.69) is 21.9 Å². The van der Waals surface area contributed by atoms with E-state index in [1.165, 1.54) is 0 Å².